The standard InChI is InChI=1S/C21H30N2O/c1-3-7-15(8-4-1)12-23-13-16-11-22-21-20(24-21)18-10-6-2-5-9-17(18)19(16)14-23/h1,3-4,7-8,16-22H,2,5-6,9-14H2. The largest absolute Gasteiger partial charge is 0.353 e. The summed E-state index contributed by atoms with van der Waals surface area (Å²) in [7, 11) is 0. The van der Waals surface area contributed by atoms with Crippen LogP contribution in [0.4, 0.5) is 0 Å². The number of rotatable bonds is 2. The molecule has 4 fully saturated rings. The van der Waals surface area contributed by atoms with Gasteiger partial charge in [0.1, 0.15) is 12.3 Å². The zero-order valence-corrected chi connectivity index (χ0v) is 14.6. The zero-order chi connectivity index (χ0) is 15.9. The molecule has 3 heteroatoms. The molecular formula is C21H30N2O. The molecular weight excluding hydrogens is 296 g/mol. The maximum Gasteiger partial charge on any atom is 0.135 e. The Balaban J connectivity index is 1.34. The van der Waals surface area contributed by atoms with Gasteiger partial charge >= 0.3 is 0 Å². The Morgan fingerprint density at radius 1 is 0.958 bits per heavy atom. The lowest BCUT2D eigenvalue weighted by atomic mass is 9.72. The lowest BCUT2D eigenvalue weighted by Gasteiger charge is -2.34. The van der Waals surface area contributed by atoms with Crippen LogP contribution in [-0.4, -0.2) is 36.9 Å². The van der Waals surface area contributed by atoms with E-state index in [1.54, 1.807) is 0 Å². The highest BCUT2D eigenvalue weighted by Crippen LogP contribution is 2.48. The van der Waals surface area contributed by atoms with Crippen molar-refractivity contribution < 1.29 is 4.74 Å². The second kappa shape index (κ2) is 6.44. The van der Waals surface area contributed by atoms with Gasteiger partial charge in [0.15, 0.2) is 0 Å². The molecule has 3 nitrogen and oxygen atoms in total. The van der Waals surface area contributed by atoms with Gasteiger partial charge in [0.05, 0.1) is 0 Å². The molecule has 3 heterocycles. The molecule has 6 atom stereocenters. The van der Waals surface area contributed by atoms with Crippen LogP contribution in [0.5, 0.6) is 0 Å². The predicted molar refractivity (Wildman–Crippen MR) is 95.4 cm³/mol. The summed E-state index contributed by atoms with van der Waals surface area (Å²) in [5.41, 5.74) is 1.46. The Kier molecular flexibility index (Phi) is 4.12. The van der Waals surface area contributed by atoms with Crippen molar-refractivity contribution in [2.75, 3.05) is 19.6 Å². The van der Waals surface area contributed by atoms with Gasteiger partial charge in [-0.05, 0) is 42.1 Å². The van der Waals surface area contributed by atoms with Crippen LogP contribution < -0.4 is 5.32 Å². The molecule has 1 saturated carbocycles. The molecule has 4 aliphatic rings. The SMILES string of the molecule is c1ccc(CN2CC3CNC4OC4C4CCCCCC4C3C2)cc1. The molecule has 0 amide bonds. The Hall–Kier alpha value is -0.900. The first-order chi connectivity index (χ1) is 11.9. The highest BCUT2D eigenvalue weighted by Gasteiger charge is 2.53. The van der Waals surface area contributed by atoms with Crippen molar-refractivity contribution in [1.29, 1.82) is 0 Å². The summed E-state index contributed by atoms with van der Waals surface area (Å²) in [4.78, 5) is 2.71. The molecule has 6 unspecified atom stereocenters. The Morgan fingerprint density at radius 3 is 2.67 bits per heavy atom. The van der Waals surface area contributed by atoms with Crippen molar-refractivity contribution in [3.8, 4) is 0 Å². The minimum absolute atomic E-state index is 0.375. The molecule has 0 aromatic heterocycles. The number of fused-ring (bicyclic) bond motifs is 5. The highest BCUT2D eigenvalue weighted by atomic mass is 16.6. The number of ether oxygens (including phenoxy) is 1. The summed E-state index contributed by atoms with van der Waals surface area (Å²) in [5.74, 6) is 3.39. The number of hydrogen-bond donors (Lipinski definition) is 1. The molecule has 1 aromatic rings. The summed E-state index contributed by atoms with van der Waals surface area (Å²) in [6.07, 6.45) is 8.03. The molecule has 1 aromatic carbocycles. The smallest absolute Gasteiger partial charge is 0.135 e. The van der Waals surface area contributed by atoms with E-state index in [0.717, 1.165) is 36.8 Å². The van der Waals surface area contributed by atoms with E-state index in [2.05, 4.69) is 40.5 Å². The lowest BCUT2D eigenvalue weighted by Crippen LogP contribution is -2.41. The predicted octanol–water partition coefficient (Wildman–Crippen LogP) is 3.26. The van der Waals surface area contributed by atoms with Gasteiger partial charge in [-0.3, -0.25) is 10.2 Å². The Bertz CT molecular complexity index is 562. The van der Waals surface area contributed by atoms with Gasteiger partial charge < -0.3 is 4.74 Å². The molecule has 130 valence electrons. The second-order valence-corrected chi connectivity index (χ2v) is 8.50. The zero-order valence-electron chi connectivity index (χ0n) is 14.6. The molecule has 0 radical (unpaired) electrons. The van der Waals surface area contributed by atoms with Crippen LogP contribution in [0.15, 0.2) is 30.3 Å². The summed E-state index contributed by atoms with van der Waals surface area (Å²) < 4.78 is 6.03. The Labute approximate surface area is 145 Å². The summed E-state index contributed by atoms with van der Waals surface area (Å²) in [5, 5.41) is 3.72. The molecule has 3 saturated heterocycles. The van der Waals surface area contributed by atoms with Crippen LogP contribution in [0.1, 0.15) is 37.7 Å². The summed E-state index contributed by atoms with van der Waals surface area (Å²) >= 11 is 0. The fourth-order valence-electron chi connectivity index (χ4n) is 5.85. The van der Waals surface area contributed by atoms with Gasteiger partial charge in [0, 0.05) is 26.2 Å². The molecule has 1 aliphatic carbocycles. The topological polar surface area (TPSA) is 27.8 Å². The average molecular weight is 326 g/mol. The number of benzene rings is 1. The fourth-order valence-corrected chi connectivity index (χ4v) is 5.85. The molecule has 0 bridgehead atoms. The van der Waals surface area contributed by atoms with E-state index in [-0.39, 0.29) is 0 Å². The third-order valence-electron chi connectivity index (χ3n) is 7.02. The van der Waals surface area contributed by atoms with Crippen molar-refractivity contribution in [2.45, 2.75) is 51.0 Å². The summed E-state index contributed by atoms with van der Waals surface area (Å²) in [6, 6.07) is 11.0. The third kappa shape index (κ3) is 2.91. The van der Waals surface area contributed by atoms with E-state index >= 15 is 0 Å². The van der Waals surface area contributed by atoms with Crippen molar-refractivity contribution in [3.05, 3.63) is 35.9 Å². The maximum absolute atomic E-state index is 6.03. The fraction of sp³-hybridized carbons (Fsp3) is 0.714. The monoisotopic (exact) mass is 326 g/mol. The molecule has 5 rings (SSSR count). The molecule has 0 spiro atoms. The first-order valence-corrected chi connectivity index (χ1v) is 10.0. The van der Waals surface area contributed by atoms with Gasteiger partial charge in [0.2, 0.25) is 0 Å². The van der Waals surface area contributed by atoms with Crippen LogP contribution >= 0.6 is 0 Å². The Morgan fingerprint density at radius 2 is 1.79 bits per heavy atom. The highest BCUT2D eigenvalue weighted by molar-refractivity contribution is 5.15. The van der Waals surface area contributed by atoms with Crippen molar-refractivity contribution >= 4 is 0 Å². The lowest BCUT2D eigenvalue weighted by molar-refractivity contribution is 0.148. The first-order valence-electron chi connectivity index (χ1n) is 10.0. The number of nitrogens with zero attached hydrogens (tertiary/aromatic N) is 1. The van der Waals surface area contributed by atoms with Crippen LogP contribution in [0.25, 0.3) is 0 Å². The van der Waals surface area contributed by atoms with Crippen molar-refractivity contribution in [3.63, 3.8) is 0 Å². The molecule has 3 aliphatic heterocycles. The van der Waals surface area contributed by atoms with Gasteiger partial charge in [-0.15, -0.1) is 0 Å². The van der Waals surface area contributed by atoms with Gasteiger partial charge in [-0.1, -0.05) is 49.6 Å². The van der Waals surface area contributed by atoms with E-state index in [1.807, 2.05) is 0 Å². The minimum Gasteiger partial charge on any atom is -0.353 e. The van der Waals surface area contributed by atoms with Crippen LogP contribution in [0.2, 0.25) is 0 Å². The maximum atomic E-state index is 6.03. The van der Waals surface area contributed by atoms with E-state index in [0.29, 0.717) is 12.3 Å². The van der Waals surface area contributed by atoms with Crippen molar-refractivity contribution in [1.82, 2.24) is 10.2 Å². The van der Waals surface area contributed by atoms with E-state index in [9.17, 15) is 0 Å². The normalized spacial score (nSPS) is 42.2. The first kappa shape index (κ1) is 15.4. The number of hydrogen-bond acceptors (Lipinski definition) is 3. The summed E-state index contributed by atoms with van der Waals surface area (Å²) in [6.45, 7) is 4.82. The minimum atomic E-state index is 0.375. The average Bonchev–Trinajstić information content (AvgIpc) is 3.31. The van der Waals surface area contributed by atoms with Gasteiger partial charge in [0.25, 0.3) is 0 Å². The third-order valence-corrected chi connectivity index (χ3v) is 7.02. The van der Waals surface area contributed by atoms with E-state index in [1.165, 1.54) is 50.8 Å². The second-order valence-electron chi connectivity index (χ2n) is 8.50. The quantitative estimate of drug-likeness (QED) is 0.846. The van der Waals surface area contributed by atoms with Crippen LogP contribution in [0.3, 0.4) is 0 Å². The number of likely N-dealkylation sites (tertiary alicyclic amines) is 1. The van der Waals surface area contributed by atoms with E-state index < -0.39 is 0 Å². The molecule has 24 heavy (non-hydrogen) atoms. The number of nitrogens with one attached hydrogen (secondary N) is 1. The number of epoxide rings is 1. The van der Waals surface area contributed by atoms with Gasteiger partial charge in [-0.25, -0.2) is 0 Å². The van der Waals surface area contributed by atoms with Crippen molar-refractivity contribution in [2.24, 2.45) is 23.7 Å². The van der Waals surface area contributed by atoms with Crippen LogP contribution in [-0.2, 0) is 11.3 Å². The molecule has 1 N–H and O–H groups in total. The van der Waals surface area contributed by atoms with E-state index in [4.69, 9.17) is 4.74 Å². The van der Waals surface area contributed by atoms with Gasteiger partial charge in [-0.2, -0.15) is 0 Å². The van der Waals surface area contributed by atoms with Crippen LogP contribution in [0, 0.1) is 23.7 Å².